The lowest BCUT2D eigenvalue weighted by Gasteiger charge is -2.07. The molecule has 0 atom stereocenters. The standard InChI is InChI=1S/C10H11BrN6O2/c1-3-12-7-6(11)9(14-4-13-7)17-5-15-8(16-17)10(18)19-2/h4-5H,3H2,1-2H3,(H,12,13,14). The average molecular weight is 327 g/mol. The molecule has 2 aromatic heterocycles. The molecule has 0 aliphatic heterocycles. The number of hydrogen-bond acceptors (Lipinski definition) is 7. The summed E-state index contributed by atoms with van der Waals surface area (Å²) in [6.07, 6.45) is 2.78. The molecule has 100 valence electrons. The number of carbonyl (C=O) groups is 1. The molecule has 1 N–H and O–H groups in total. The summed E-state index contributed by atoms with van der Waals surface area (Å²) < 4.78 is 6.55. The summed E-state index contributed by atoms with van der Waals surface area (Å²) in [5, 5.41) is 7.07. The Labute approximate surface area is 117 Å². The van der Waals surface area contributed by atoms with Gasteiger partial charge in [0.05, 0.1) is 7.11 Å². The van der Waals surface area contributed by atoms with Crippen molar-refractivity contribution < 1.29 is 9.53 Å². The first-order chi connectivity index (χ1) is 9.17. The van der Waals surface area contributed by atoms with E-state index in [1.165, 1.54) is 24.4 Å². The molecular weight excluding hydrogens is 316 g/mol. The molecule has 0 unspecified atom stereocenters. The zero-order valence-corrected chi connectivity index (χ0v) is 11.9. The molecule has 2 heterocycles. The summed E-state index contributed by atoms with van der Waals surface area (Å²) in [4.78, 5) is 23.3. The zero-order chi connectivity index (χ0) is 13.8. The summed E-state index contributed by atoms with van der Waals surface area (Å²) in [7, 11) is 1.27. The maximum atomic E-state index is 11.3. The van der Waals surface area contributed by atoms with Gasteiger partial charge in [-0.3, -0.25) is 0 Å². The SMILES string of the molecule is CCNc1ncnc(-n2cnc(C(=O)OC)n2)c1Br. The van der Waals surface area contributed by atoms with Crippen LogP contribution in [0.1, 0.15) is 17.5 Å². The third-order valence-corrected chi connectivity index (χ3v) is 2.92. The Morgan fingerprint density at radius 2 is 2.26 bits per heavy atom. The van der Waals surface area contributed by atoms with Gasteiger partial charge in [-0.05, 0) is 22.9 Å². The van der Waals surface area contributed by atoms with E-state index >= 15 is 0 Å². The third-order valence-electron chi connectivity index (χ3n) is 2.19. The molecule has 0 aliphatic rings. The molecule has 0 bridgehead atoms. The zero-order valence-electron chi connectivity index (χ0n) is 10.3. The van der Waals surface area contributed by atoms with Crippen molar-refractivity contribution in [3.63, 3.8) is 0 Å². The van der Waals surface area contributed by atoms with Gasteiger partial charge in [0.1, 0.15) is 22.9 Å². The van der Waals surface area contributed by atoms with Crippen LogP contribution in [0, 0.1) is 0 Å². The van der Waals surface area contributed by atoms with Gasteiger partial charge in [0.25, 0.3) is 5.82 Å². The number of hydrogen-bond donors (Lipinski definition) is 1. The molecule has 19 heavy (non-hydrogen) atoms. The van der Waals surface area contributed by atoms with Gasteiger partial charge < -0.3 is 10.1 Å². The molecule has 9 heteroatoms. The number of halogens is 1. The highest BCUT2D eigenvalue weighted by molar-refractivity contribution is 9.10. The van der Waals surface area contributed by atoms with Crippen molar-refractivity contribution in [3.8, 4) is 5.82 Å². The molecule has 0 saturated heterocycles. The van der Waals surface area contributed by atoms with E-state index in [0.717, 1.165) is 6.54 Å². The van der Waals surface area contributed by atoms with Crippen LogP contribution >= 0.6 is 15.9 Å². The summed E-state index contributed by atoms with van der Waals surface area (Å²) in [6, 6.07) is 0. The van der Waals surface area contributed by atoms with E-state index in [1.54, 1.807) is 0 Å². The van der Waals surface area contributed by atoms with Crippen LogP contribution in [0.4, 0.5) is 5.82 Å². The first-order valence-corrected chi connectivity index (χ1v) is 6.21. The molecule has 2 rings (SSSR count). The van der Waals surface area contributed by atoms with Crippen LogP contribution in [0.3, 0.4) is 0 Å². The lowest BCUT2D eigenvalue weighted by atomic mass is 10.5. The minimum absolute atomic E-state index is 0.0296. The minimum Gasteiger partial charge on any atom is -0.463 e. The summed E-state index contributed by atoms with van der Waals surface area (Å²) in [5.74, 6) is 0.491. The van der Waals surface area contributed by atoms with Gasteiger partial charge in [-0.15, -0.1) is 5.10 Å². The van der Waals surface area contributed by atoms with E-state index in [4.69, 9.17) is 0 Å². The second-order valence-electron chi connectivity index (χ2n) is 3.39. The largest absolute Gasteiger partial charge is 0.463 e. The third kappa shape index (κ3) is 2.70. The second-order valence-corrected chi connectivity index (χ2v) is 4.19. The minimum atomic E-state index is -0.601. The molecule has 0 amide bonds. The fourth-order valence-electron chi connectivity index (χ4n) is 1.36. The smallest absolute Gasteiger partial charge is 0.377 e. The fourth-order valence-corrected chi connectivity index (χ4v) is 1.89. The van der Waals surface area contributed by atoms with Crippen LogP contribution in [0.15, 0.2) is 17.1 Å². The molecule has 0 aromatic carbocycles. The van der Waals surface area contributed by atoms with Gasteiger partial charge in [-0.25, -0.2) is 24.4 Å². The van der Waals surface area contributed by atoms with E-state index < -0.39 is 5.97 Å². The monoisotopic (exact) mass is 326 g/mol. The Kier molecular flexibility index (Phi) is 4.05. The van der Waals surface area contributed by atoms with Crippen molar-refractivity contribution in [2.45, 2.75) is 6.92 Å². The van der Waals surface area contributed by atoms with Crippen molar-refractivity contribution in [3.05, 3.63) is 23.0 Å². The Hall–Kier alpha value is -2.03. The molecular formula is C10H11BrN6O2. The van der Waals surface area contributed by atoms with Gasteiger partial charge in [0.15, 0.2) is 5.82 Å². The molecule has 0 aliphatic carbocycles. The van der Waals surface area contributed by atoms with Crippen molar-refractivity contribution >= 4 is 27.7 Å². The summed E-state index contributed by atoms with van der Waals surface area (Å²) in [5.41, 5.74) is 0. The first kappa shape index (κ1) is 13.4. The van der Waals surface area contributed by atoms with Crippen LogP contribution < -0.4 is 5.32 Å². The van der Waals surface area contributed by atoms with Gasteiger partial charge in [0.2, 0.25) is 0 Å². The maximum absolute atomic E-state index is 11.3. The van der Waals surface area contributed by atoms with Crippen LogP contribution in [0.2, 0.25) is 0 Å². The van der Waals surface area contributed by atoms with Crippen molar-refractivity contribution in [2.75, 3.05) is 19.0 Å². The highest BCUT2D eigenvalue weighted by Crippen LogP contribution is 2.24. The Morgan fingerprint density at radius 1 is 1.47 bits per heavy atom. The predicted octanol–water partition coefficient (Wildman–Crippen LogP) is 1.04. The average Bonchev–Trinajstić information content (AvgIpc) is 2.90. The van der Waals surface area contributed by atoms with Crippen LogP contribution in [0.25, 0.3) is 5.82 Å². The highest BCUT2D eigenvalue weighted by Gasteiger charge is 2.15. The van der Waals surface area contributed by atoms with Crippen molar-refractivity contribution in [2.24, 2.45) is 0 Å². The van der Waals surface area contributed by atoms with Gasteiger partial charge in [-0.1, -0.05) is 0 Å². The summed E-state index contributed by atoms with van der Waals surface area (Å²) >= 11 is 3.39. The number of nitrogens with one attached hydrogen (secondary N) is 1. The van der Waals surface area contributed by atoms with Gasteiger partial charge in [0, 0.05) is 6.54 Å². The highest BCUT2D eigenvalue weighted by atomic mass is 79.9. The van der Waals surface area contributed by atoms with Gasteiger partial charge in [-0.2, -0.15) is 0 Å². The number of rotatable bonds is 4. The first-order valence-electron chi connectivity index (χ1n) is 5.42. The Morgan fingerprint density at radius 3 is 2.95 bits per heavy atom. The molecule has 0 fully saturated rings. The predicted molar refractivity (Wildman–Crippen MR) is 70.2 cm³/mol. The molecule has 0 radical (unpaired) electrons. The quantitative estimate of drug-likeness (QED) is 0.838. The number of carbonyl (C=O) groups excluding carboxylic acids is 1. The Bertz CT molecular complexity index is 599. The molecule has 8 nitrogen and oxygen atoms in total. The maximum Gasteiger partial charge on any atom is 0.377 e. The van der Waals surface area contributed by atoms with Crippen molar-refractivity contribution in [1.82, 2.24) is 24.7 Å². The lowest BCUT2D eigenvalue weighted by molar-refractivity contribution is 0.0587. The van der Waals surface area contributed by atoms with Gasteiger partial charge >= 0.3 is 5.97 Å². The number of aromatic nitrogens is 5. The number of esters is 1. The van der Waals surface area contributed by atoms with E-state index in [2.05, 4.69) is 46.0 Å². The Balaban J connectivity index is 2.39. The number of ether oxygens (including phenoxy) is 1. The normalized spacial score (nSPS) is 10.3. The lowest BCUT2D eigenvalue weighted by Crippen LogP contribution is -2.08. The number of anilines is 1. The number of methoxy groups -OCH3 is 1. The van der Waals surface area contributed by atoms with E-state index in [9.17, 15) is 4.79 Å². The molecule has 2 aromatic rings. The topological polar surface area (TPSA) is 94.8 Å². The van der Waals surface area contributed by atoms with E-state index in [-0.39, 0.29) is 5.82 Å². The van der Waals surface area contributed by atoms with Crippen molar-refractivity contribution in [1.29, 1.82) is 0 Å². The van der Waals surface area contributed by atoms with E-state index in [0.29, 0.717) is 16.1 Å². The van der Waals surface area contributed by atoms with Crippen LogP contribution in [-0.2, 0) is 4.74 Å². The molecule has 0 spiro atoms. The van der Waals surface area contributed by atoms with E-state index in [1.807, 2.05) is 6.92 Å². The second kappa shape index (κ2) is 5.74. The number of nitrogens with zero attached hydrogens (tertiary/aromatic N) is 5. The fraction of sp³-hybridized carbons (Fsp3) is 0.300. The molecule has 0 saturated carbocycles. The van der Waals surface area contributed by atoms with Crippen LogP contribution in [0.5, 0.6) is 0 Å². The summed E-state index contributed by atoms with van der Waals surface area (Å²) in [6.45, 7) is 2.68. The van der Waals surface area contributed by atoms with Crippen LogP contribution in [-0.4, -0.2) is 44.4 Å².